The second-order valence-electron chi connectivity index (χ2n) is 3.53. The summed E-state index contributed by atoms with van der Waals surface area (Å²) in [6, 6.07) is 3.81. The fourth-order valence-corrected chi connectivity index (χ4v) is 1.57. The summed E-state index contributed by atoms with van der Waals surface area (Å²) in [5.74, 6) is -0.952. The lowest BCUT2D eigenvalue weighted by atomic mass is 9.87. The summed E-state index contributed by atoms with van der Waals surface area (Å²) in [5, 5.41) is 23.1. The Balaban J connectivity index is 2.49. The minimum Gasteiger partial charge on any atom is -0.382 e. The average Bonchev–Trinajstić information content (AvgIpc) is 2.14. The van der Waals surface area contributed by atoms with Crippen molar-refractivity contribution in [1.82, 2.24) is 5.32 Å². The van der Waals surface area contributed by atoms with Crippen LogP contribution in [0, 0.1) is 15.9 Å². The molecule has 0 spiro atoms. The molecular formula is C9H9FN2O3. The molecule has 1 fully saturated rings. The minimum absolute atomic E-state index is 0.0181. The van der Waals surface area contributed by atoms with Gasteiger partial charge in [-0.1, -0.05) is 12.1 Å². The van der Waals surface area contributed by atoms with Crippen molar-refractivity contribution in [3.05, 3.63) is 39.7 Å². The standard InChI is InChI=1S/C9H9FN2O3/c10-8-6(9(13)4-11-5-9)2-1-3-7(8)12(14)15/h1-3,11,13H,4-5H2. The summed E-state index contributed by atoms with van der Waals surface area (Å²) < 4.78 is 13.6. The summed E-state index contributed by atoms with van der Waals surface area (Å²) in [6.07, 6.45) is 0. The van der Waals surface area contributed by atoms with E-state index < -0.39 is 22.0 Å². The normalized spacial score (nSPS) is 18.3. The van der Waals surface area contributed by atoms with Crippen LogP contribution in [0.25, 0.3) is 0 Å². The molecule has 0 saturated carbocycles. The van der Waals surface area contributed by atoms with Crippen molar-refractivity contribution in [2.24, 2.45) is 0 Å². The number of hydrogen-bond donors (Lipinski definition) is 2. The second-order valence-corrected chi connectivity index (χ2v) is 3.53. The van der Waals surface area contributed by atoms with Gasteiger partial charge in [-0.05, 0) is 0 Å². The lowest BCUT2D eigenvalue weighted by molar-refractivity contribution is -0.387. The lowest BCUT2D eigenvalue weighted by Crippen LogP contribution is -2.57. The lowest BCUT2D eigenvalue weighted by Gasteiger charge is -2.37. The zero-order chi connectivity index (χ0) is 11.1. The molecule has 1 aliphatic rings. The highest BCUT2D eigenvalue weighted by Gasteiger charge is 2.40. The van der Waals surface area contributed by atoms with Gasteiger partial charge in [-0.3, -0.25) is 10.1 Å². The molecule has 0 unspecified atom stereocenters. The van der Waals surface area contributed by atoms with Crippen molar-refractivity contribution in [3.63, 3.8) is 0 Å². The van der Waals surface area contributed by atoms with E-state index >= 15 is 0 Å². The van der Waals surface area contributed by atoms with Crippen molar-refractivity contribution < 1.29 is 14.4 Å². The number of benzene rings is 1. The molecular weight excluding hydrogens is 203 g/mol. The second kappa shape index (κ2) is 3.25. The summed E-state index contributed by atoms with van der Waals surface area (Å²) in [5.41, 5.74) is -1.93. The van der Waals surface area contributed by atoms with Crippen LogP contribution in [0.1, 0.15) is 5.56 Å². The van der Waals surface area contributed by atoms with E-state index in [1.165, 1.54) is 12.1 Å². The number of aliphatic hydroxyl groups is 1. The van der Waals surface area contributed by atoms with Gasteiger partial charge in [0, 0.05) is 24.7 Å². The molecule has 80 valence electrons. The molecule has 0 amide bonds. The van der Waals surface area contributed by atoms with Crippen LogP contribution in [0.2, 0.25) is 0 Å². The predicted molar refractivity (Wildman–Crippen MR) is 49.8 cm³/mol. The average molecular weight is 212 g/mol. The van der Waals surface area contributed by atoms with E-state index in [4.69, 9.17) is 0 Å². The van der Waals surface area contributed by atoms with Crippen molar-refractivity contribution in [2.75, 3.05) is 13.1 Å². The summed E-state index contributed by atoms with van der Waals surface area (Å²) in [6.45, 7) is 0.427. The first kappa shape index (κ1) is 10.0. The zero-order valence-corrected chi connectivity index (χ0v) is 7.74. The molecule has 0 aliphatic carbocycles. The molecule has 1 heterocycles. The molecule has 1 aromatic carbocycles. The topological polar surface area (TPSA) is 75.4 Å². The van der Waals surface area contributed by atoms with E-state index in [-0.39, 0.29) is 18.7 Å². The van der Waals surface area contributed by atoms with Crippen molar-refractivity contribution in [3.8, 4) is 0 Å². The molecule has 0 atom stereocenters. The third-order valence-electron chi connectivity index (χ3n) is 2.51. The van der Waals surface area contributed by atoms with Crippen LogP contribution < -0.4 is 5.32 Å². The highest BCUT2D eigenvalue weighted by Crippen LogP contribution is 2.31. The first-order valence-electron chi connectivity index (χ1n) is 4.41. The van der Waals surface area contributed by atoms with Crippen molar-refractivity contribution in [2.45, 2.75) is 5.60 Å². The number of nitrogens with one attached hydrogen (secondary N) is 1. The van der Waals surface area contributed by atoms with Gasteiger partial charge >= 0.3 is 5.69 Å². The monoisotopic (exact) mass is 212 g/mol. The van der Waals surface area contributed by atoms with Crippen LogP contribution in [0.15, 0.2) is 18.2 Å². The summed E-state index contributed by atoms with van der Waals surface area (Å²) >= 11 is 0. The molecule has 15 heavy (non-hydrogen) atoms. The molecule has 2 rings (SSSR count). The maximum absolute atomic E-state index is 13.6. The van der Waals surface area contributed by atoms with E-state index in [0.717, 1.165) is 6.07 Å². The highest BCUT2D eigenvalue weighted by molar-refractivity contribution is 5.40. The highest BCUT2D eigenvalue weighted by atomic mass is 19.1. The first-order valence-corrected chi connectivity index (χ1v) is 4.41. The van der Waals surface area contributed by atoms with Crippen LogP contribution in [0.4, 0.5) is 10.1 Å². The Morgan fingerprint density at radius 3 is 2.67 bits per heavy atom. The maximum atomic E-state index is 13.6. The van der Waals surface area contributed by atoms with Gasteiger partial charge in [0.15, 0.2) is 0 Å². The van der Waals surface area contributed by atoms with Crippen molar-refractivity contribution >= 4 is 5.69 Å². The molecule has 1 aliphatic heterocycles. The molecule has 0 aromatic heterocycles. The van der Waals surface area contributed by atoms with Gasteiger partial charge in [0.1, 0.15) is 5.60 Å². The Kier molecular flexibility index (Phi) is 2.17. The van der Waals surface area contributed by atoms with Gasteiger partial charge in [-0.2, -0.15) is 4.39 Å². The summed E-state index contributed by atoms with van der Waals surface area (Å²) in [4.78, 5) is 9.68. The number of nitro benzene ring substituents is 1. The minimum atomic E-state index is -1.31. The number of hydrogen-bond acceptors (Lipinski definition) is 4. The third kappa shape index (κ3) is 1.47. The molecule has 0 radical (unpaired) electrons. The van der Waals surface area contributed by atoms with Gasteiger partial charge in [-0.15, -0.1) is 0 Å². The van der Waals surface area contributed by atoms with Crippen LogP contribution in [-0.2, 0) is 5.60 Å². The van der Waals surface area contributed by atoms with Gasteiger partial charge in [0.2, 0.25) is 5.82 Å². The van der Waals surface area contributed by atoms with E-state index in [0.29, 0.717) is 0 Å². The Hall–Kier alpha value is -1.53. The molecule has 2 N–H and O–H groups in total. The van der Waals surface area contributed by atoms with Crippen LogP contribution >= 0.6 is 0 Å². The maximum Gasteiger partial charge on any atom is 0.305 e. The van der Waals surface area contributed by atoms with Gasteiger partial charge in [0.05, 0.1) is 4.92 Å². The van der Waals surface area contributed by atoms with Crippen LogP contribution in [0.3, 0.4) is 0 Å². The molecule has 0 bridgehead atoms. The quantitative estimate of drug-likeness (QED) is 0.553. The SMILES string of the molecule is O=[N+]([O-])c1cccc(C2(O)CNC2)c1F. The van der Waals surface area contributed by atoms with Gasteiger partial charge in [0.25, 0.3) is 0 Å². The number of nitrogens with zero attached hydrogens (tertiary/aromatic N) is 1. The third-order valence-corrected chi connectivity index (χ3v) is 2.51. The van der Waals surface area contributed by atoms with Gasteiger partial charge < -0.3 is 10.4 Å². The molecule has 1 aromatic rings. The fourth-order valence-electron chi connectivity index (χ4n) is 1.57. The summed E-state index contributed by atoms with van der Waals surface area (Å²) in [7, 11) is 0. The Morgan fingerprint density at radius 1 is 1.53 bits per heavy atom. The Bertz CT molecular complexity index is 418. The molecule has 6 heteroatoms. The molecule has 1 saturated heterocycles. The first-order chi connectivity index (χ1) is 7.04. The number of halogens is 1. The Labute approximate surface area is 84.7 Å². The van der Waals surface area contributed by atoms with Crippen LogP contribution in [-0.4, -0.2) is 23.1 Å². The fraction of sp³-hybridized carbons (Fsp3) is 0.333. The smallest absolute Gasteiger partial charge is 0.305 e. The molecule has 5 nitrogen and oxygen atoms in total. The zero-order valence-electron chi connectivity index (χ0n) is 7.74. The largest absolute Gasteiger partial charge is 0.382 e. The van der Waals surface area contributed by atoms with E-state index in [1.54, 1.807) is 0 Å². The number of nitro groups is 1. The van der Waals surface area contributed by atoms with E-state index in [9.17, 15) is 19.6 Å². The van der Waals surface area contributed by atoms with Crippen LogP contribution in [0.5, 0.6) is 0 Å². The van der Waals surface area contributed by atoms with E-state index in [1.807, 2.05) is 0 Å². The van der Waals surface area contributed by atoms with Crippen molar-refractivity contribution in [1.29, 1.82) is 0 Å². The predicted octanol–water partition coefficient (Wildman–Crippen LogP) is 0.525. The number of β-amino-alcohol motifs (C(OH)–C–C–N with tert-alkyl or cyclic N) is 1. The van der Waals surface area contributed by atoms with E-state index in [2.05, 4.69) is 5.32 Å². The Morgan fingerprint density at radius 2 is 2.20 bits per heavy atom. The van der Waals surface area contributed by atoms with Gasteiger partial charge in [-0.25, -0.2) is 0 Å². The number of rotatable bonds is 2.